The van der Waals surface area contributed by atoms with Gasteiger partial charge < -0.3 is 19.7 Å². The number of allylic oxidation sites excluding steroid dienone is 1. The molecule has 1 N–H and O–H groups in total. The third-order valence-electron chi connectivity index (χ3n) is 4.36. The van der Waals surface area contributed by atoms with Crippen molar-refractivity contribution in [1.82, 2.24) is 10.2 Å². The zero-order valence-corrected chi connectivity index (χ0v) is 14.8. The van der Waals surface area contributed by atoms with Crippen LogP contribution in [-0.4, -0.2) is 44.3 Å². The molecule has 0 saturated carbocycles. The Labute approximate surface area is 142 Å². The lowest BCUT2D eigenvalue weighted by atomic mass is 9.93. The SMILES string of the molecule is COCCOC(=O)C1=C(C)N(C)C(=O)NC1c1ccc(C)c(C)c1. The number of rotatable bonds is 5. The molecule has 6 nitrogen and oxygen atoms in total. The first-order valence-electron chi connectivity index (χ1n) is 7.85. The van der Waals surface area contributed by atoms with E-state index in [0.717, 1.165) is 16.7 Å². The summed E-state index contributed by atoms with van der Waals surface area (Å²) in [6.07, 6.45) is 0. The first-order valence-corrected chi connectivity index (χ1v) is 7.85. The first kappa shape index (κ1) is 18.0. The van der Waals surface area contributed by atoms with E-state index in [2.05, 4.69) is 5.32 Å². The van der Waals surface area contributed by atoms with Crippen LogP contribution in [0.2, 0.25) is 0 Å². The van der Waals surface area contributed by atoms with E-state index >= 15 is 0 Å². The Balaban J connectivity index is 2.40. The normalized spacial score (nSPS) is 17.8. The summed E-state index contributed by atoms with van der Waals surface area (Å²) in [5.74, 6) is -0.445. The van der Waals surface area contributed by atoms with Gasteiger partial charge in [-0.25, -0.2) is 9.59 Å². The van der Waals surface area contributed by atoms with Crippen LogP contribution in [0.5, 0.6) is 0 Å². The number of urea groups is 1. The Morgan fingerprint density at radius 1 is 1.21 bits per heavy atom. The van der Waals surface area contributed by atoms with Gasteiger partial charge in [0.15, 0.2) is 0 Å². The van der Waals surface area contributed by atoms with Crippen molar-refractivity contribution in [3.05, 3.63) is 46.2 Å². The van der Waals surface area contributed by atoms with E-state index in [4.69, 9.17) is 9.47 Å². The Hall–Kier alpha value is -2.34. The molecular formula is C18H24N2O4. The second kappa shape index (κ2) is 7.49. The van der Waals surface area contributed by atoms with Gasteiger partial charge in [0.25, 0.3) is 0 Å². The molecule has 0 bridgehead atoms. The molecule has 2 rings (SSSR count). The Morgan fingerprint density at radius 3 is 2.54 bits per heavy atom. The predicted molar refractivity (Wildman–Crippen MR) is 90.5 cm³/mol. The van der Waals surface area contributed by atoms with E-state index < -0.39 is 12.0 Å². The number of amides is 2. The maximum Gasteiger partial charge on any atom is 0.338 e. The smallest absolute Gasteiger partial charge is 0.338 e. The number of carbonyl (C=O) groups excluding carboxylic acids is 2. The van der Waals surface area contributed by atoms with Gasteiger partial charge >= 0.3 is 12.0 Å². The minimum atomic E-state index is -0.525. The summed E-state index contributed by atoms with van der Waals surface area (Å²) in [4.78, 5) is 26.2. The van der Waals surface area contributed by atoms with Crippen LogP contribution in [0.1, 0.15) is 29.7 Å². The molecule has 2 amide bonds. The molecule has 0 fully saturated rings. The molecule has 1 atom stereocenters. The minimum absolute atomic E-state index is 0.170. The van der Waals surface area contributed by atoms with E-state index in [-0.39, 0.29) is 12.6 Å². The van der Waals surface area contributed by atoms with Crippen LogP contribution >= 0.6 is 0 Å². The maximum atomic E-state index is 12.6. The summed E-state index contributed by atoms with van der Waals surface area (Å²) < 4.78 is 10.2. The zero-order valence-electron chi connectivity index (χ0n) is 14.8. The van der Waals surface area contributed by atoms with Crippen LogP contribution in [0.25, 0.3) is 0 Å². The molecule has 1 aromatic rings. The highest BCUT2D eigenvalue weighted by Gasteiger charge is 2.35. The molecule has 0 aliphatic carbocycles. The summed E-state index contributed by atoms with van der Waals surface area (Å²) in [5, 5.41) is 2.88. The standard InChI is InChI=1S/C18H24N2O4/c1-11-6-7-14(10-12(11)2)16-15(17(21)24-9-8-23-5)13(3)20(4)18(22)19-16/h6-7,10,16H,8-9H2,1-5H3,(H,19,22). The van der Waals surface area contributed by atoms with Gasteiger partial charge in [-0.15, -0.1) is 0 Å². The molecule has 1 aromatic carbocycles. The minimum Gasteiger partial charge on any atom is -0.460 e. The molecule has 1 unspecified atom stereocenters. The molecule has 1 heterocycles. The third kappa shape index (κ3) is 3.59. The monoisotopic (exact) mass is 332 g/mol. The highest BCUT2D eigenvalue weighted by Crippen LogP contribution is 2.31. The number of esters is 1. The maximum absolute atomic E-state index is 12.6. The van der Waals surface area contributed by atoms with Gasteiger partial charge in [0.1, 0.15) is 6.61 Å². The number of benzene rings is 1. The van der Waals surface area contributed by atoms with E-state index in [1.54, 1.807) is 21.1 Å². The summed E-state index contributed by atoms with van der Waals surface area (Å²) in [7, 11) is 3.18. The number of aryl methyl sites for hydroxylation is 2. The molecule has 0 saturated heterocycles. The van der Waals surface area contributed by atoms with Crippen molar-refractivity contribution in [2.45, 2.75) is 26.8 Å². The molecule has 1 aliphatic rings. The van der Waals surface area contributed by atoms with Crippen molar-refractivity contribution in [2.24, 2.45) is 0 Å². The number of carbonyl (C=O) groups is 2. The molecule has 0 aromatic heterocycles. The van der Waals surface area contributed by atoms with Crippen LogP contribution in [0.15, 0.2) is 29.5 Å². The fourth-order valence-corrected chi connectivity index (χ4v) is 2.59. The topological polar surface area (TPSA) is 67.9 Å². The molecule has 130 valence electrons. The quantitative estimate of drug-likeness (QED) is 0.664. The highest BCUT2D eigenvalue weighted by atomic mass is 16.6. The molecule has 0 radical (unpaired) electrons. The lowest BCUT2D eigenvalue weighted by Crippen LogP contribution is -2.46. The van der Waals surface area contributed by atoms with E-state index in [9.17, 15) is 9.59 Å². The van der Waals surface area contributed by atoms with Crippen LogP contribution in [0, 0.1) is 13.8 Å². The van der Waals surface area contributed by atoms with Crippen molar-refractivity contribution in [1.29, 1.82) is 0 Å². The van der Waals surface area contributed by atoms with E-state index in [0.29, 0.717) is 17.9 Å². The highest BCUT2D eigenvalue weighted by molar-refractivity contribution is 5.95. The van der Waals surface area contributed by atoms with Crippen LogP contribution in [0.3, 0.4) is 0 Å². The number of nitrogens with one attached hydrogen (secondary N) is 1. The van der Waals surface area contributed by atoms with Gasteiger partial charge in [-0.05, 0) is 37.5 Å². The first-order chi connectivity index (χ1) is 11.4. The fraction of sp³-hybridized carbons (Fsp3) is 0.444. The number of methoxy groups -OCH3 is 1. The Morgan fingerprint density at radius 2 is 1.92 bits per heavy atom. The van der Waals surface area contributed by atoms with Gasteiger partial charge in [-0.1, -0.05) is 18.2 Å². The predicted octanol–water partition coefficient (Wildman–Crippen LogP) is 2.46. The molecule has 24 heavy (non-hydrogen) atoms. The average Bonchev–Trinajstić information content (AvgIpc) is 2.55. The second-order valence-corrected chi connectivity index (χ2v) is 5.91. The number of ether oxygens (including phenoxy) is 2. The Bertz CT molecular complexity index is 682. The molecule has 0 spiro atoms. The van der Waals surface area contributed by atoms with Crippen molar-refractivity contribution >= 4 is 12.0 Å². The second-order valence-electron chi connectivity index (χ2n) is 5.91. The van der Waals surface area contributed by atoms with Crippen LogP contribution in [0.4, 0.5) is 4.79 Å². The van der Waals surface area contributed by atoms with Gasteiger partial charge in [-0.3, -0.25) is 0 Å². The van der Waals surface area contributed by atoms with Crippen LogP contribution in [-0.2, 0) is 14.3 Å². The molecule has 1 aliphatic heterocycles. The Kier molecular flexibility index (Phi) is 5.62. The van der Waals surface area contributed by atoms with Crippen LogP contribution < -0.4 is 5.32 Å². The lowest BCUT2D eigenvalue weighted by Gasteiger charge is -2.33. The molecular weight excluding hydrogens is 308 g/mol. The summed E-state index contributed by atoms with van der Waals surface area (Å²) in [5.41, 5.74) is 4.15. The van der Waals surface area contributed by atoms with Crippen molar-refractivity contribution in [2.75, 3.05) is 27.4 Å². The molecule has 6 heteroatoms. The fourth-order valence-electron chi connectivity index (χ4n) is 2.59. The van der Waals surface area contributed by atoms with Crippen molar-refractivity contribution < 1.29 is 19.1 Å². The summed E-state index contributed by atoms with van der Waals surface area (Å²) >= 11 is 0. The number of nitrogens with zero attached hydrogens (tertiary/aromatic N) is 1. The number of hydrogen-bond donors (Lipinski definition) is 1. The van der Waals surface area contributed by atoms with Crippen molar-refractivity contribution in [3.63, 3.8) is 0 Å². The third-order valence-corrected chi connectivity index (χ3v) is 4.36. The van der Waals surface area contributed by atoms with E-state index in [1.807, 2.05) is 32.0 Å². The van der Waals surface area contributed by atoms with Gasteiger partial charge in [0.05, 0.1) is 18.2 Å². The van der Waals surface area contributed by atoms with E-state index in [1.165, 1.54) is 4.90 Å². The van der Waals surface area contributed by atoms with Gasteiger partial charge in [0.2, 0.25) is 0 Å². The van der Waals surface area contributed by atoms with Crippen molar-refractivity contribution in [3.8, 4) is 0 Å². The summed E-state index contributed by atoms with van der Waals surface area (Å²) in [6.45, 7) is 6.27. The van der Waals surface area contributed by atoms with Gasteiger partial charge in [0, 0.05) is 19.9 Å². The van der Waals surface area contributed by atoms with Gasteiger partial charge in [-0.2, -0.15) is 0 Å². The lowest BCUT2D eigenvalue weighted by molar-refractivity contribution is -0.140. The number of hydrogen-bond acceptors (Lipinski definition) is 4. The average molecular weight is 332 g/mol. The largest absolute Gasteiger partial charge is 0.460 e. The zero-order chi connectivity index (χ0) is 17.9. The summed E-state index contributed by atoms with van der Waals surface area (Å²) in [6, 6.07) is 5.13.